The molecular weight excluding hydrogens is 384 g/mol. The summed E-state index contributed by atoms with van der Waals surface area (Å²) in [6.45, 7) is -0.328. The maximum atomic E-state index is 12.5. The largest absolute Gasteiger partial charge is 0.328 e. The molecule has 1 N–H and O–H groups in total. The zero-order valence-electron chi connectivity index (χ0n) is 16.8. The number of carbonyl (C=O) groups excluding carboxylic acids is 3. The van der Waals surface area contributed by atoms with E-state index in [0.717, 1.165) is 16.0 Å². The fraction of sp³-hybridized carbons (Fsp3) is 0.273. The first-order chi connectivity index (χ1) is 14.3. The van der Waals surface area contributed by atoms with Crippen molar-refractivity contribution in [2.45, 2.75) is 18.8 Å². The minimum atomic E-state index is -0.463. The average Bonchev–Trinajstić information content (AvgIpc) is 2.95. The van der Waals surface area contributed by atoms with Gasteiger partial charge < -0.3 is 5.32 Å². The van der Waals surface area contributed by atoms with E-state index in [1.54, 1.807) is 32.3 Å². The maximum Gasteiger partial charge on any atom is 0.328 e. The number of fused-ring (bicyclic) bond motifs is 1. The molecule has 0 saturated carbocycles. The molecule has 1 fully saturated rings. The summed E-state index contributed by atoms with van der Waals surface area (Å²) in [5.41, 5.74) is 2.70. The monoisotopic (exact) mass is 406 g/mol. The highest BCUT2D eigenvalue weighted by atomic mass is 16.2. The number of hydrogen-bond donors (Lipinski definition) is 1. The number of aromatic nitrogens is 2. The number of hydrogen-bond acceptors (Lipinski definition) is 4. The fourth-order valence-corrected chi connectivity index (χ4v) is 3.92. The van der Waals surface area contributed by atoms with Crippen LogP contribution < -0.4 is 11.0 Å². The Morgan fingerprint density at radius 2 is 1.57 bits per heavy atom. The van der Waals surface area contributed by atoms with Gasteiger partial charge in [-0.15, -0.1) is 0 Å². The van der Waals surface area contributed by atoms with Crippen LogP contribution in [0.1, 0.15) is 24.3 Å². The summed E-state index contributed by atoms with van der Waals surface area (Å²) in [6, 6.07) is 14.6. The number of carbonyl (C=O) groups is 3. The Bertz CT molecular complexity index is 1190. The van der Waals surface area contributed by atoms with Crippen LogP contribution in [0.2, 0.25) is 0 Å². The van der Waals surface area contributed by atoms with E-state index < -0.39 is 5.91 Å². The summed E-state index contributed by atoms with van der Waals surface area (Å²) in [7, 11) is 3.34. The Hall–Kier alpha value is -3.68. The van der Waals surface area contributed by atoms with Gasteiger partial charge in [0.1, 0.15) is 6.54 Å². The highest BCUT2D eigenvalue weighted by Crippen LogP contribution is 2.29. The molecular formula is C22H22N4O4. The normalized spacial score (nSPS) is 15.1. The Kier molecular flexibility index (Phi) is 4.99. The topological polar surface area (TPSA) is 93.4 Å². The lowest BCUT2D eigenvalue weighted by molar-refractivity contribution is -0.150. The molecule has 0 spiro atoms. The van der Waals surface area contributed by atoms with E-state index in [-0.39, 0.29) is 42.8 Å². The van der Waals surface area contributed by atoms with Crippen molar-refractivity contribution in [3.8, 4) is 0 Å². The van der Waals surface area contributed by atoms with Crippen molar-refractivity contribution in [2.24, 2.45) is 14.1 Å². The van der Waals surface area contributed by atoms with Crippen LogP contribution in [0, 0.1) is 0 Å². The van der Waals surface area contributed by atoms with E-state index in [4.69, 9.17) is 0 Å². The van der Waals surface area contributed by atoms with Gasteiger partial charge in [-0.3, -0.25) is 28.4 Å². The molecule has 1 aliphatic heterocycles. The van der Waals surface area contributed by atoms with Gasteiger partial charge in [-0.25, -0.2) is 4.79 Å². The number of piperidine rings is 1. The predicted octanol–water partition coefficient (Wildman–Crippen LogP) is 1.75. The summed E-state index contributed by atoms with van der Waals surface area (Å²) in [5, 5.41) is 2.71. The minimum absolute atomic E-state index is 0.160. The van der Waals surface area contributed by atoms with Crippen LogP contribution in [0.4, 0.5) is 5.69 Å². The zero-order chi connectivity index (χ0) is 21.4. The molecule has 3 amide bonds. The van der Waals surface area contributed by atoms with Gasteiger partial charge in [-0.2, -0.15) is 0 Å². The number of imide groups is 1. The Labute approximate surface area is 172 Å². The predicted molar refractivity (Wildman–Crippen MR) is 112 cm³/mol. The standard InChI is InChI=1S/C22H22N4O4/c1-24-17-9-8-16(12-18(17)25(2)22(24)30)23-19(27)13-26-20(28)10-15(11-21(26)29)14-6-4-3-5-7-14/h3-9,12,15H,10-11,13H2,1-2H3,(H,23,27). The molecule has 4 rings (SSSR count). The van der Waals surface area contributed by atoms with Crippen molar-refractivity contribution in [3.63, 3.8) is 0 Å². The smallest absolute Gasteiger partial charge is 0.324 e. The van der Waals surface area contributed by atoms with Crippen LogP contribution in [0.25, 0.3) is 11.0 Å². The number of anilines is 1. The number of likely N-dealkylation sites (tertiary alicyclic amines) is 1. The number of nitrogens with zero attached hydrogens (tertiary/aromatic N) is 3. The first-order valence-corrected chi connectivity index (χ1v) is 9.68. The van der Waals surface area contributed by atoms with E-state index >= 15 is 0 Å². The van der Waals surface area contributed by atoms with Crippen molar-refractivity contribution in [2.75, 3.05) is 11.9 Å². The third-order valence-electron chi connectivity index (χ3n) is 5.57. The van der Waals surface area contributed by atoms with Crippen LogP contribution in [-0.2, 0) is 28.5 Å². The molecule has 0 bridgehead atoms. The highest BCUT2D eigenvalue weighted by molar-refractivity contribution is 6.04. The lowest BCUT2D eigenvalue weighted by Gasteiger charge is -2.29. The molecule has 30 heavy (non-hydrogen) atoms. The molecule has 1 saturated heterocycles. The van der Waals surface area contributed by atoms with Gasteiger partial charge in [0.05, 0.1) is 11.0 Å². The van der Waals surface area contributed by atoms with Gasteiger partial charge in [-0.1, -0.05) is 30.3 Å². The fourth-order valence-electron chi connectivity index (χ4n) is 3.92. The molecule has 0 atom stereocenters. The second-order valence-corrected chi connectivity index (χ2v) is 7.54. The first-order valence-electron chi connectivity index (χ1n) is 9.68. The van der Waals surface area contributed by atoms with Gasteiger partial charge in [0.15, 0.2) is 0 Å². The zero-order valence-corrected chi connectivity index (χ0v) is 16.8. The van der Waals surface area contributed by atoms with Gasteiger partial charge in [0.25, 0.3) is 0 Å². The van der Waals surface area contributed by atoms with E-state index in [0.29, 0.717) is 11.2 Å². The molecule has 0 radical (unpaired) electrons. The summed E-state index contributed by atoms with van der Waals surface area (Å²) in [5.74, 6) is -1.32. The number of amides is 3. The second-order valence-electron chi connectivity index (χ2n) is 7.54. The van der Waals surface area contributed by atoms with Crippen LogP contribution >= 0.6 is 0 Å². The molecule has 154 valence electrons. The summed E-state index contributed by atoms with van der Waals surface area (Å²) in [4.78, 5) is 50.6. The van der Waals surface area contributed by atoms with E-state index in [1.165, 1.54) is 9.13 Å². The van der Waals surface area contributed by atoms with Crippen LogP contribution in [0.3, 0.4) is 0 Å². The molecule has 2 heterocycles. The van der Waals surface area contributed by atoms with Crippen LogP contribution in [0.15, 0.2) is 53.3 Å². The Balaban J connectivity index is 1.45. The number of benzene rings is 2. The minimum Gasteiger partial charge on any atom is -0.324 e. The third-order valence-corrected chi connectivity index (χ3v) is 5.57. The van der Waals surface area contributed by atoms with Crippen LogP contribution in [0.5, 0.6) is 0 Å². The van der Waals surface area contributed by atoms with Crippen molar-refractivity contribution in [1.29, 1.82) is 0 Å². The van der Waals surface area contributed by atoms with Gasteiger partial charge in [0, 0.05) is 38.5 Å². The third kappa shape index (κ3) is 3.52. The van der Waals surface area contributed by atoms with Crippen molar-refractivity contribution < 1.29 is 14.4 Å². The van der Waals surface area contributed by atoms with Crippen molar-refractivity contribution >= 4 is 34.4 Å². The number of imidazole rings is 1. The molecule has 8 heteroatoms. The highest BCUT2D eigenvalue weighted by Gasteiger charge is 2.34. The first kappa shape index (κ1) is 19.6. The Morgan fingerprint density at radius 3 is 2.23 bits per heavy atom. The second kappa shape index (κ2) is 7.62. The molecule has 1 aliphatic rings. The van der Waals surface area contributed by atoms with Crippen LogP contribution in [-0.4, -0.2) is 38.3 Å². The molecule has 8 nitrogen and oxygen atoms in total. The van der Waals surface area contributed by atoms with E-state index in [9.17, 15) is 19.2 Å². The van der Waals surface area contributed by atoms with E-state index in [1.807, 2.05) is 30.3 Å². The number of rotatable bonds is 4. The van der Waals surface area contributed by atoms with Gasteiger partial charge in [0.2, 0.25) is 17.7 Å². The average molecular weight is 406 g/mol. The lowest BCUT2D eigenvalue weighted by Crippen LogP contribution is -2.46. The molecule has 0 unspecified atom stereocenters. The maximum absolute atomic E-state index is 12.5. The summed E-state index contributed by atoms with van der Waals surface area (Å²) >= 11 is 0. The summed E-state index contributed by atoms with van der Waals surface area (Å²) in [6.07, 6.45) is 0.391. The lowest BCUT2D eigenvalue weighted by atomic mass is 9.88. The molecule has 1 aromatic heterocycles. The number of nitrogens with one attached hydrogen (secondary N) is 1. The molecule has 0 aliphatic carbocycles. The molecule has 2 aromatic carbocycles. The van der Waals surface area contributed by atoms with Crippen molar-refractivity contribution in [1.82, 2.24) is 14.0 Å². The SMILES string of the molecule is Cn1c(=O)n(C)c2cc(NC(=O)CN3C(=O)CC(c4ccccc4)CC3=O)ccc21. The summed E-state index contributed by atoms with van der Waals surface area (Å²) < 4.78 is 3.02. The number of aryl methyl sites for hydroxylation is 2. The van der Waals surface area contributed by atoms with Gasteiger partial charge >= 0.3 is 5.69 Å². The van der Waals surface area contributed by atoms with E-state index in [2.05, 4.69) is 5.32 Å². The van der Waals surface area contributed by atoms with Crippen molar-refractivity contribution in [3.05, 3.63) is 64.6 Å². The van der Waals surface area contributed by atoms with Gasteiger partial charge in [-0.05, 0) is 23.8 Å². The Morgan fingerprint density at radius 1 is 0.933 bits per heavy atom. The quantitative estimate of drug-likeness (QED) is 0.668. The molecule has 3 aromatic rings.